The minimum absolute atomic E-state index is 0.262. The normalized spacial score (nSPS) is 13.1. The van der Waals surface area contributed by atoms with Crippen LogP contribution in [0.5, 0.6) is 0 Å². The van der Waals surface area contributed by atoms with Gasteiger partial charge in [-0.3, -0.25) is 4.79 Å². The first-order valence-electron chi connectivity index (χ1n) is 9.54. The summed E-state index contributed by atoms with van der Waals surface area (Å²) >= 11 is 0. The Morgan fingerprint density at radius 1 is 0.800 bits per heavy atom. The molecule has 0 heterocycles. The Morgan fingerprint density at radius 3 is 1.63 bits per heavy atom. The van der Waals surface area contributed by atoms with E-state index < -0.39 is 42.3 Å². The van der Waals surface area contributed by atoms with Gasteiger partial charge in [0.1, 0.15) is 5.60 Å². The second-order valence-electron chi connectivity index (χ2n) is 7.59. The Morgan fingerprint density at radius 2 is 1.23 bits per heavy atom. The van der Waals surface area contributed by atoms with Gasteiger partial charge in [-0.15, -0.1) is 0 Å². The van der Waals surface area contributed by atoms with Crippen molar-refractivity contribution in [2.45, 2.75) is 45.0 Å². The first kappa shape index (κ1) is 23.1. The minimum Gasteiger partial charge on any atom is -0.460 e. The van der Waals surface area contributed by atoms with Gasteiger partial charge < -0.3 is 19.3 Å². The zero-order valence-corrected chi connectivity index (χ0v) is 17.2. The van der Waals surface area contributed by atoms with Crippen LogP contribution in [0, 0.1) is 0 Å². The predicted octanol–water partition coefficient (Wildman–Crippen LogP) is 3.16. The second-order valence-corrected chi connectivity index (χ2v) is 7.59. The Bertz CT molecular complexity index is 841. The van der Waals surface area contributed by atoms with E-state index in [1.165, 1.54) is 0 Å². The number of carbonyl (C=O) groups is 3. The quantitative estimate of drug-likeness (QED) is 0.523. The fourth-order valence-electron chi connectivity index (χ4n) is 2.59. The maximum absolute atomic E-state index is 12.5. The molecule has 0 unspecified atom stereocenters. The van der Waals surface area contributed by atoms with Gasteiger partial charge in [-0.05, 0) is 45.0 Å². The van der Waals surface area contributed by atoms with Crippen LogP contribution < -0.4 is 0 Å². The molecular formula is C23H26O7. The van der Waals surface area contributed by atoms with Crippen molar-refractivity contribution in [3.63, 3.8) is 0 Å². The van der Waals surface area contributed by atoms with Crippen LogP contribution in [0.2, 0.25) is 0 Å². The molecule has 160 valence electrons. The molecule has 7 heteroatoms. The Kier molecular flexibility index (Phi) is 8.12. The minimum atomic E-state index is -1.25. The molecule has 2 aromatic carbocycles. The second kappa shape index (κ2) is 10.5. The highest BCUT2D eigenvalue weighted by atomic mass is 16.6. The highest BCUT2D eigenvalue weighted by Gasteiger charge is 2.33. The number of carbonyl (C=O) groups excluding carboxylic acids is 3. The summed E-state index contributed by atoms with van der Waals surface area (Å²) in [5, 5.41) is 9.80. The average Bonchev–Trinajstić information content (AvgIpc) is 2.71. The van der Waals surface area contributed by atoms with Gasteiger partial charge in [0.2, 0.25) is 0 Å². The van der Waals surface area contributed by atoms with E-state index in [1.54, 1.807) is 81.4 Å². The highest BCUT2D eigenvalue weighted by Crippen LogP contribution is 2.17. The van der Waals surface area contributed by atoms with Crippen molar-refractivity contribution < 1.29 is 33.7 Å². The molecule has 0 aliphatic rings. The van der Waals surface area contributed by atoms with Gasteiger partial charge in [-0.25, -0.2) is 9.59 Å². The van der Waals surface area contributed by atoms with Crippen LogP contribution in [0.15, 0.2) is 60.7 Å². The van der Waals surface area contributed by atoms with Gasteiger partial charge in [0.25, 0.3) is 0 Å². The van der Waals surface area contributed by atoms with Crippen molar-refractivity contribution in [2.24, 2.45) is 0 Å². The third-order valence-electron chi connectivity index (χ3n) is 3.92. The fraction of sp³-hybridized carbons (Fsp3) is 0.348. The lowest BCUT2D eigenvalue weighted by Gasteiger charge is -2.27. The molecule has 0 aromatic heterocycles. The lowest BCUT2D eigenvalue weighted by molar-refractivity contribution is -0.159. The van der Waals surface area contributed by atoms with Gasteiger partial charge in [0, 0.05) is 0 Å². The van der Waals surface area contributed by atoms with Gasteiger partial charge in [-0.2, -0.15) is 0 Å². The summed E-state index contributed by atoms with van der Waals surface area (Å²) in [4.78, 5) is 37.2. The fourth-order valence-corrected chi connectivity index (χ4v) is 2.59. The number of aliphatic hydroxyl groups excluding tert-OH is 1. The standard InChI is InChI=1S/C23H26O7/c1-23(2,3)30-20(25)14-18(28-21(26)16-10-6-4-7-11-16)19(15-24)29-22(27)17-12-8-5-9-13-17/h4-13,18-19,24H,14-15H2,1-3H3/t18-,19+/m1/s1. The molecule has 0 amide bonds. The van der Waals surface area contributed by atoms with Crippen LogP contribution in [-0.4, -0.2) is 47.4 Å². The number of benzene rings is 2. The lowest BCUT2D eigenvalue weighted by Crippen LogP contribution is -2.40. The first-order valence-corrected chi connectivity index (χ1v) is 9.54. The molecule has 2 aromatic rings. The summed E-state index contributed by atoms with van der Waals surface area (Å²) < 4.78 is 16.1. The summed E-state index contributed by atoms with van der Waals surface area (Å²) in [5.74, 6) is -2.07. The molecule has 7 nitrogen and oxygen atoms in total. The average molecular weight is 414 g/mol. The maximum atomic E-state index is 12.5. The number of ether oxygens (including phenoxy) is 3. The molecule has 0 aliphatic heterocycles. The molecule has 2 atom stereocenters. The van der Waals surface area contributed by atoms with Crippen molar-refractivity contribution in [2.75, 3.05) is 6.61 Å². The SMILES string of the molecule is CC(C)(C)OC(=O)C[C@@H](OC(=O)c1ccccc1)[C@H](CO)OC(=O)c1ccccc1. The summed E-state index contributed by atoms with van der Waals surface area (Å²) in [5.41, 5.74) is -0.223. The van der Waals surface area contributed by atoms with Crippen LogP contribution in [0.4, 0.5) is 0 Å². The van der Waals surface area contributed by atoms with Gasteiger partial charge in [0.15, 0.2) is 12.2 Å². The third-order valence-corrected chi connectivity index (χ3v) is 3.92. The van der Waals surface area contributed by atoms with Gasteiger partial charge >= 0.3 is 17.9 Å². The van der Waals surface area contributed by atoms with Crippen molar-refractivity contribution in [3.05, 3.63) is 71.8 Å². The molecule has 0 aliphatic carbocycles. The van der Waals surface area contributed by atoms with Crippen LogP contribution in [0.3, 0.4) is 0 Å². The largest absolute Gasteiger partial charge is 0.460 e. The van der Waals surface area contributed by atoms with Crippen molar-refractivity contribution in [1.29, 1.82) is 0 Å². The van der Waals surface area contributed by atoms with E-state index in [4.69, 9.17) is 14.2 Å². The zero-order chi connectivity index (χ0) is 22.1. The molecule has 0 radical (unpaired) electrons. The number of rotatable bonds is 8. The van der Waals surface area contributed by atoms with Crippen molar-refractivity contribution in [1.82, 2.24) is 0 Å². The Hall–Kier alpha value is -3.19. The number of aliphatic hydroxyl groups is 1. The molecule has 1 N–H and O–H groups in total. The number of esters is 3. The van der Waals surface area contributed by atoms with Crippen LogP contribution in [0.25, 0.3) is 0 Å². The summed E-state index contributed by atoms with van der Waals surface area (Å²) in [7, 11) is 0. The zero-order valence-electron chi connectivity index (χ0n) is 17.2. The van der Waals surface area contributed by atoms with E-state index in [2.05, 4.69) is 0 Å². The molecule has 2 rings (SSSR count). The summed E-state index contributed by atoms with van der Waals surface area (Å²) in [6, 6.07) is 16.4. The Balaban J connectivity index is 2.19. The van der Waals surface area contributed by atoms with Crippen LogP contribution in [-0.2, 0) is 19.0 Å². The third kappa shape index (κ3) is 7.33. The lowest BCUT2D eigenvalue weighted by atomic mass is 10.1. The molecule has 30 heavy (non-hydrogen) atoms. The van der Waals surface area contributed by atoms with E-state index in [9.17, 15) is 19.5 Å². The molecule has 0 fully saturated rings. The molecular weight excluding hydrogens is 388 g/mol. The van der Waals surface area contributed by atoms with Crippen molar-refractivity contribution >= 4 is 17.9 Å². The number of hydrogen-bond donors (Lipinski definition) is 1. The molecule has 0 saturated heterocycles. The Labute approximate surface area is 175 Å². The monoisotopic (exact) mass is 414 g/mol. The van der Waals surface area contributed by atoms with E-state index in [1.807, 2.05) is 0 Å². The highest BCUT2D eigenvalue weighted by molar-refractivity contribution is 5.90. The topological polar surface area (TPSA) is 99.1 Å². The maximum Gasteiger partial charge on any atom is 0.338 e. The predicted molar refractivity (Wildman–Crippen MR) is 109 cm³/mol. The summed E-state index contributed by atoms with van der Waals surface area (Å²) in [6.45, 7) is 4.46. The van der Waals surface area contributed by atoms with E-state index >= 15 is 0 Å². The van der Waals surface area contributed by atoms with Crippen LogP contribution >= 0.6 is 0 Å². The smallest absolute Gasteiger partial charge is 0.338 e. The first-order chi connectivity index (χ1) is 14.2. The number of hydrogen-bond acceptors (Lipinski definition) is 7. The molecule has 0 spiro atoms. The van der Waals surface area contributed by atoms with Crippen molar-refractivity contribution in [3.8, 4) is 0 Å². The van der Waals surface area contributed by atoms with Gasteiger partial charge in [0.05, 0.1) is 24.2 Å². The van der Waals surface area contributed by atoms with Gasteiger partial charge in [-0.1, -0.05) is 36.4 Å². The molecule has 0 bridgehead atoms. The van der Waals surface area contributed by atoms with Crippen LogP contribution in [0.1, 0.15) is 47.9 Å². The van der Waals surface area contributed by atoms with E-state index in [-0.39, 0.29) is 17.5 Å². The van der Waals surface area contributed by atoms with E-state index in [0.29, 0.717) is 0 Å². The van der Waals surface area contributed by atoms with E-state index in [0.717, 1.165) is 0 Å². The summed E-state index contributed by atoms with van der Waals surface area (Å²) in [6.07, 6.45) is -2.87. The molecule has 0 saturated carbocycles.